The van der Waals surface area contributed by atoms with Gasteiger partial charge in [0, 0.05) is 17.7 Å². The first-order valence-corrected chi connectivity index (χ1v) is 14.3. The van der Waals surface area contributed by atoms with Crippen molar-refractivity contribution in [3.63, 3.8) is 0 Å². The molecule has 5 aromatic rings. The third kappa shape index (κ3) is 7.27. The molecular formula is C36H35NO7. The van der Waals surface area contributed by atoms with Crippen LogP contribution in [0.1, 0.15) is 22.7 Å². The van der Waals surface area contributed by atoms with Crippen molar-refractivity contribution in [3.8, 4) is 28.4 Å². The Morgan fingerprint density at radius 1 is 0.705 bits per heavy atom. The van der Waals surface area contributed by atoms with E-state index in [4.69, 9.17) is 23.0 Å². The van der Waals surface area contributed by atoms with Gasteiger partial charge in [-0.1, -0.05) is 60.7 Å². The zero-order valence-electron chi connectivity index (χ0n) is 25.0. The number of hydrogen-bond donors (Lipinski definition) is 0. The molecular weight excluding hydrogens is 558 g/mol. The Morgan fingerprint density at radius 3 is 1.64 bits per heavy atom. The van der Waals surface area contributed by atoms with Crippen LogP contribution >= 0.6 is 0 Å². The molecule has 0 saturated heterocycles. The Kier molecular flexibility index (Phi) is 9.94. The zero-order chi connectivity index (χ0) is 30.9. The number of carbonyl (C=O) groups excluding carboxylic acids is 2. The maximum Gasteiger partial charge on any atom is 0.320 e. The van der Waals surface area contributed by atoms with Gasteiger partial charge in [0.15, 0.2) is 5.92 Å². The lowest BCUT2D eigenvalue weighted by atomic mass is 9.95. The van der Waals surface area contributed by atoms with E-state index in [0.717, 1.165) is 39.3 Å². The molecule has 0 unspecified atom stereocenters. The molecule has 5 rings (SSSR count). The molecule has 0 atom stereocenters. The molecule has 0 amide bonds. The molecule has 3 aromatic carbocycles. The summed E-state index contributed by atoms with van der Waals surface area (Å²) in [5, 5.41) is 0. The van der Waals surface area contributed by atoms with E-state index in [1.165, 1.54) is 14.2 Å². The van der Waals surface area contributed by atoms with Crippen molar-refractivity contribution in [3.05, 3.63) is 126 Å². The van der Waals surface area contributed by atoms with Crippen LogP contribution < -0.4 is 4.74 Å². The molecule has 0 saturated carbocycles. The highest BCUT2D eigenvalue weighted by Gasteiger charge is 2.28. The highest BCUT2D eigenvalue weighted by atomic mass is 16.5. The monoisotopic (exact) mass is 593 g/mol. The van der Waals surface area contributed by atoms with Crippen LogP contribution in [0.5, 0.6) is 5.75 Å². The summed E-state index contributed by atoms with van der Waals surface area (Å²) in [7, 11) is 4.59. The first-order chi connectivity index (χ1) is 21.5. The fraction of sp³-hybridized carbons (Fsp3) is 0.222. The van der Waals surface area contributed by atoms with Crippen molar-refractivity contribution in [1.29, 1.82) is 0 Å². The lowest BCUT2D eigenvalue weighted by Crippen LogP contribution is -2.30. The lowest BCUT2D eigenvalue weighted by Gasteiger charge is -2.29. The fourth-order valence-electron chi connectivity index (χ4n) is 5.19. The molecule has 2 heterocycles. The summed E-state index contributed by atoms with van der Waals surface area (Å²) in [5.41, 5.74) is 5.12. The van der Waals surface area contributed by atoms with E-state index in [-0.39, 0.29) is 12.5 Å². The zero-order valence-corrected chi connectivity index (χ0v) is 25.0. The maximum absolute atomic E-state index is 12.0. The molecule has 0 radical (unpaired) electrons. The van der Waals surface area contributed by atoms with Gasteiger partial charge in [0.2, 0.25) is 0 Å². The van der Waals surface area contributed by atoms with Crippen LogP contribution in [0.25, 0.3) is 22.6 Å². The van der Waals surface area contributed by atoms with Crippen LogP contribution in [0.4, 0.5) is 0 Å². The van der Waals surface area contributed by atoms with Crippen LogP contribution in [0.3, 0.4) is 0 Å². The molecule has 226 valence electrons. The quantitative estimate of drug-likeness (QED) is 0.109. The molecule has 0 fully saturated rings. The average molecular weight is 594 g/mol. The largest absolute Gasteiger partial charge is 0.492 e. The van der Waals surface area contributed by atoms with Crippen molar-refractivity contribution < 1.29 is 32.6 Å². The van der Waals surface area contributed by atoms with E-state index >= 15 is 0 Å². The van der Waals surface area contributed by atoms with Gasteiger partial charge in [-0.05, 0) is 66.6 Å². The second kappa shape index (κ2) is 14.4. The minimum Gasteiger partial charge on any atom is -0.492 e. The minimum absolute atomic E-state index is 0.0224. The highest BCUT2D eigenvalue weighted by molar-refractivity contribution is 5.95. The molecule has 8 nitrogen and oxygen atoms in total. The molecule has 0 aliphatic heterocycles. The van der Waals surface area contributed by atoms with Gasteiger partial charge in [-0.2, -0.15) is 0 Å². The van der Waals surface area contributed by atoms with Gasteiger partial charge < -0.3 is 23.0 Å². The summed E-state index contributed by atoms with van der Waals surface area (Å²) in [6.45, 7) is 1.10. The molecule has 0 aliphatic carbocycles. The van der Waals surface area contributed by atoms with Gasteiger partial charge in [0.05, 0.1) is 32.8 Å². The maximum atomic E-state index is 12.0. The van der Waals surface area contributed by atoms with Crippen molar-refractivity contribution in [2.75, 3.05) is 34.4 Å². The first kappa shape index (κ1) is 30.4. The number of likely N-dealkylation sites (N-methyl/N-ethyl adjacent to an activating group) is 1. The van der Waals surface area contributed by atoms with Gasteiger partial charge >= 0.3 is 11.9 Å². The van der Waals surface area contributed by atoms with Crippen LogP contribution in [0, 0.1) is 5.92 Å². The number of methoxy groups -OCH3 is 2. The number of benzene rings is 3. The standard InChI is InChI=1S/C36H35NO7/c1-37(20-23-42-30-18-8-25(9-19-30)24-31(35(38)40-2)36(39)41-3)34(28-14-10-26(11-15-28)32-6-4-21-43-32)29-16-12-27(13-17-29)33-7-5-22-44-33/h4-19,21-22,31,34H,20,23-24H2,1-3H3. The Bertz CT molecular complexity index is 1510. The number of carbonyl (C=O) groups is 2. The van der Waals surface area contributed by atoms with Crippen molar-refractivity contribution in [2.45, 2.75) is 12.5 Å². The Hall–Kier alpha value is -5.08. The van der Waals surface area contributed by atoms with Gasteiger partial charge in [0.25, 0.3) is 0 Å². The molecule has 0 bridgehead atoms. The second-order valence-corrected chi connectivity index (χ2v) is 10.4. The summed E-state index contributed by atoms with van der Waals surface area (Å²) in [4.78, 5) is 26.3. The number of rotatable bonds is 13. The lowest BCUT2D eigenvalue weighted by molar-refractivity contribution is -0.158. The number of ether oxygens (including phenoxy) is 3. The minimum atomic E-state index is -1.01. The number of furan rings is 2. The van der Waals surface area contributed by atoms with Gasteiger partial charge in [-0.3, -0.25) is 14.5 Å². The summed E-state index contributed by atoms with van der Waals surface area (Å²) in [6, 6.07) is 31.8. The summed E-state index contributed by atoms with van der Waals surface area (Å²) in [6.07, 6.45) is 3.53. The molecule has 44 heavy (non-hydrogen) atoms. The van der Waals surface area contributed by atoms with Gasteiger partial charge in [-0.15, -0.1) is 0 Å². The Labute approximate surface area is 256 Å². The van der Waals surface area contributed by atoms with Crippen LogP contribution in [-0.4, -0.2) is 51.3 Å². The van der Waals surface area contributed by atoms with Gasteiger partial charge in [0.1, 0.15) is 23.9 Å². The van der Waals surface area contributed by atoms with Crippen molar-refractivity contribution in [2.24, 2.45) is 5.92 Å². The summed E-state index contributed by atoms with van der Waals surface area (Å²) < 4.78 is 26.7. The van der Waals surface area contributed by atoms with E-state index in [9.17, 15) is 9.59 Å². The Balaban J connectivity index is 1.27. The summed E-state index contributed by atoms with van der Waals surface area (Å²) >= 11 is 0. The fourth-order valence-corrected chi connectivity index (χ4v) is 5.19. The van der Waals surface area contributed by atoms with E-state index in [2.05, 4.69) is 60.5 Å². The van der Waals surface area contributed by atoms with Crippen LogP contribution in [-0.2, 0) is 25.5 Å². The summed E-state index contributed by atoms with van der Waals surface area (Å²) in [5.74, 6) is 0.0900. The normalized spacial score (nSPS) is 11.2. The smallest absolute Gasteiger partial charge is 0.320 e. The molecule has 8 heteroatoms. The third-order valence-electron chi connectivity index (χ3n) is 7.55. The van der Waals surface area contributed by atoms with Crippen molar-refractivity contribution in [1.82, 2.24) is 4.90 Å². The molecule has 0 aliphatic rings. The van der Waals surface area contributed by atoms with E-state index in [1.54, 1.807) is 12.5 Å². The molecule has 0 spiro atoms. The van der Waals surface area contributed by atoms with Gasteiger partial charge in [-0.25, -0.2) is 0 Å². The number of nitrogens with zero attached hydrogens (tertiary/aromatic N) is 1. The van der Waals surface area contributed by atoms with Crippen LogP contribution in [0.15, 0.2) is 118 Å². The van der Waals surface area contributed by atoms with Crippen molar-refractivity contribution >= 4 is 11.9 Å². The Morgan fingerprint density at radius 2 is 1.20 bits per heavy atom. The van der Waals surface area contributed by atoms with E-state index in [0.29, 0.717) is 18.9 Å². The van der Waals surface area contributed by atoms with E-state index in [1.807, 2.05) is 48.5 Å². The molecule has 2 aromatic heterocycles. The predicted molar refractivity (Wildman–Crippen MR) is 166 cm³/mol. The number of hydrogen-bond acceptors (Lipinski definition) is 8. The van der Waals surface area contributed by atoms with E-state index < -0.39 is 17.9 Å². The SMILES string of the molecule is COC(=O)C(Cc1ccc(OCCN(C)C(c2ccc(-c3ccco3)cc2)c2ccc(-c3ccco3)cc2)cc1)C(=O)OC. The second-order valence-electron chi connectivity index (χ2n) is 10.4. The predicted octanol–water partition coefficient (Wildman–Crippen LogP) is 6.81. The highest BCUT2D eigenvalue weighted by Crippen LogP contribution is 2.32. The topological polar surface area (TPSA) is 91.4 Å². The average Bonchev–Trinajstić information content (AvgIpc) is 3.80. The number of esters is 2. The molecule has 0 N–H and O–H groups in total. The first-order valence-electron chi connectivity index (χ1n) is 14.3. The third-order valence-corrected chi connectivity index (χ3v) is 7.55. The van der Waals surface area contributed by atoms with Crippen LogP contribution in [0.2, 0.25) is 0 Å².